The number of hydrogen-bond donors (Lipinski definition) is 2. The van der Waals surface area contributed by atoms with Gasteiger partial charge in [0.05, 0.1) is 17.8 Å². The lowest BCUT2D eigenvalue weighted by molar-refractivity contribution is -0.0549. The first-order valence-electron chi connectivity index (χ1n) is 12.8. The smallest absolute Gasteiger partial charge is 0.0937 e. The van der Waals surface area contributed by atoms with Crippen molar-refractivity contribution in [2.45, 2.75) is 103 Å². The van der Waals surface area contributed by atoms with Crippen molar-refractivity contribution in [3.05, 3.63) is 22.8 Å². The molecule has 6 rings (SSSR count). The number of hydrogen-bond acceptors (Lipinski definition) is 3. The van der Waals surface area contributed by atoms with Crippen molar-refractivity contribution in [1.29, 1.82) is 0 Å². The van der Waals surface area contributed by atoms with Crippen LogP contribution in [-0.2, 0) is 4.74 Å². The SMILES string of the molecule is CC1=C2C[C@H]3C(CC=C4C[C@@H](O)CC[C@@]43C)[C@@H]2CC[C@]12O[C@H]1CC(C)CN[C@@H]1[C@@H]2C. The second-order valence-corrected chi connectivity index (χ2v) is 12.2. The summed E-state index contributed by atoms with van der Waals surface area (Å²) in [5.74, 6) is 3.64. The molecule has 2 aliphatic heterocycles. The van der Waals surface area contributed by atoms with Crippen LogP contribution in [0.2, 0.25) is 0 Å². The van der Waals surface area contributed by atoms with Crippen molar-refractivity contribution in [3.8, 4) is 0 Å². The first kappa shape index (κ1) is 20.0. The molecule has 30 heavy (non-hydrogen) atoms. The van der Waals surface area contributed by atoms with Crippen LogP contribution >= 0.6 is 0 Å². The Hall–Kier alpha value is -0.640. The third-order valence-electron chi connectivity index (χ3n) is 10.9. The standard InChI is InChI=1S/C27H41NO2/c1-15-11-24-25(28-14-15)17(3)27(30-24)10-8-20-21-6-5-18-12-19(29)7-9-26(18,4)23(21)13-22(20)16(27)2/h5,15,17,19-21,23-25,28-29H,6-14H2,1-4H3/t15?,17-,19-,20-,21?,23-,24-,25+,26-,27-/m0/s1. The molecule has 0 bridgehead atoms. The van der Waals surface area contributed by atoms with Crippen LogP contribution in [-0.4, -0.2) is 35.5 Å². The number of fused-ring (bicyclic) bond motifs is 6. The minimum Gasteiger partial charge on any atom is -0.393 e. The van der Waals surface area contributed by atoms with E-state index in [-0.39, 0.29) is 11.7 Å². The van der Waals surface area contributed by atoms with Crippen LogP contribution in [0, 0.1) is 35.0 Å². The molecule has 1 spiro atoms. The van der Waals surface area contributed by atoms with Gasteiger partial charge >= 0.3 is 0 Å². The molecule has 4 aliphatic carbocycles. The number of ether oxygens (including phenoxy) is 1. The van der Waals surface area contributed by atoms with Crippen molar-refractivity contribution in [2.24, 2.45) is 35.0 Å². The Labute approximate surface area is 182 Å². The normalized spacial score (nSPS) is 55.0. The molecule has 0 aromatic carbocycles. The molecule has 6 aliphatic rings. The largest absolute Gasteiger partial charge is 0.393 e. The highest BCUT2D eigenvalue weighted by molar-refractivity contribution is 5.38. The third kappa shape index (κ3) is 2.55. The molecule has 3 nitrogen and oxygen atoms in total. The zero-order valence-corrected chi connectivity index (χ0v) is 19.4. The van der Waals surface area contributed by atoms with Gasteiger partial charge in [0.1, 0.15) is 0 Å². The van der Waals surface area contributed by atoms with Crippen LogP contribution in [0.15, 0.2) is 22.8 Å². The molecule has 2 heterocycles. The lowest BCUT2D eigenvalue weighted by atomic mass is 9.56. The first-order valence-corrected chi connectivity index (χ1v) is 12.8. The first-order chi connectivity index (χ1) is 14.3. The van der Waals surface area contributed by atoms with E-state index >= 15 is 0 Å². The van der Waals surface area contributed by atoms with Gasteiger partial charge < -0.3 is 15.2 Å². The maximum Gasteiger partial charge on any atom is 0.0937 e. The molecule has 2 saturated heterocycles. The highest BCUT2D eigenvalue weighted by atomic mass is 16.5. The van der Waals surface area contributed by atoms with Gasteiger partial charge in [-0.25, -0.2) is 0 Å². The fraction of sp³-hybridized carbons (Fsp3) is 0.852. The summed E-state index contributed by atoms with van der Waals surface area (Å²) in [6.45, 7) is 10.9. The third-order valence-corrected chi connectivity index (χ3v) is 10.9. The minimum atomic E-state index is -0.111. The second-order valence-electron chi connectivity index (χ2n) is 12.2. The molecule has 0 aromatic rings. The fourth-order valence-corrected chi connectivity index (χ4v) is 9.09. The lowest BCUT2D eigenvalue weighted by Gasteiger charge is -2.49. The average molecular weight is 412 g/mol. The molecule has 10 atom stereocenters. The van der Waals surface area contributed by atoms with Crippen LogP contribution in [0.4, 0.5) is 0 Å². The highest BCUT2D eigenvalue weighted by Gasteiger charge is 2.60. The molecule has 166 valence electrons. The van der Waals surface area contributed by atoms with E-state index in [0.717, 1.165) is 43.1 Å². The van der Waals surface area contributed by atoms with Gasteiger partial charge in [-0.1, -0.05) is 38.0 Å². The van der Waals surface area contributed by atoms with Crippen molar-refractivity contribution in [2.75, 3.05) is 6.54 Å². The van der Waals surface area contributed by atoms with E-state index in [1.54, 1.807) is 16.7 Å². The van der Waals surface area contributed by atoms with Gasteiger partial charge in [-0.05, 0) is 99.5 Å². The van der Waals surface area contributed by atoms with E-state index < -0.39 is 0 Å². The molecule has 2 N–H and O–H groups in total. The van der Waals surface area contributed by atoms with Crippen molar-refractivity contribution < 1.29 is 9.84 Å². The van der Waals surface area contributed by atoms with E-state index in [1.165, 1.54) is 38.5 Å². The number of piperidine rings is 1. The van der Waals surface area contributed by atoms with E-state index in [9.17, 15) is 5.11 Å². The Balaban J connectivity index is 1.34. The number of aliphatic hydroxyl groups excluding tert-OH is 1. The van der Waals surface area contributed by atoms with Crippen molar-refractivity contribution in [3.63, 3.8) is 0 Å². The molecular formula is C27H41NO2. The van der Waals surface area contributed by atoms with Gasteiger partial charge in [0.25, 0.3) is 0 Å². The summed E-state index contributed by atoms with van der Waals surface area (Å²) in [4.78, 5) is 0. The highest BCUT2D eigenvalue weighted by Crippen LogP contribution is 2.65. The Morgan fingerprint density at radius 2 is 2.00 bits per heavy atom. The summed E-state index contributed by atoms with van der Waals surface area (Å²) in [5, 5.41) is 14.1. The number of nitrogens with one attached hydrogen (secondary N) is 1. The van der Waals surface area contributed by atoms with Crippen molar-refractivity contribution in [1.82, 2.24) is 5.32 Å². The Kier molecular flexibility index (Phi) is 4.46. The summed E-state index contributed by atoms with van der Waals surface area (Å²) >= 11 is 0. The lowest BCUT2D eigenvalue weighted by Crippen LogP contribution is -2.49. The zero-order valence-electron chi connectivity index (χ0n) is 19.4. The Bertz CT molecular complexity index is 801. The van der Waals surface area contributed by atoms with E-state index in [4.69, 9.17) is 4.74 Å². The van der Waals surface area contributed by atoms with Crippen LogP contribution in [0.5, 0.6) is 0 Å². The van der Waals surface area contributed by atoms with Gasteiger partial charge in [0, 0.05) is 12.0 Å². The molecular weight excluding hydrogens is 370 g/mol. The predicted molar refractivity (Wildman–Crippen MR) is 120 cm³/mol. The molecule has 3 heteroatoms. The maximum absolute atomic E-state index is 10.3. The predicted octanol–water partition coefficient (Wildman–Crippen LogP) is 5.00. The Morgan fingerprint density at radius 1 is 1.17 bits per heavy atom. The van der Waals surface area contributed by atoms with Crippen molar-refractivity contribution >= 4 is 0 Å². The summed E-state index contributed by atoms with van der Waals surface area (Å²) in [7, 11) is 0. The zero-order chi connectivity index (χ0) is 20.8. The quantitative estimate of drug-likeness (QED) is 0.551. The monoisotopic (exact) mass is 411 g/mol. The summed E-state index contributed by atoms with van der Waals surface area (Å²) < 4.78 is 7.03. The van der Waals surface area contributed by atoms with E-state index in [0.29, 0.717) is 23.5 Å². The number of aliphatic hydroxyl groups is 1. The van der Waals surface area contributed by atoms with Crippen LogP contribution in [0.1, 0.15) is 79.1 Å². The minimum absolute atomic E-state index is 0.0222. The topological polar surface area (TPSA) is 41.5 Å². The number of allylic oxidation sites excluding steroid dienone is 2. The maximum atomic E-state index is 10.3. The van der Waals surface area contributed by atoms with Crippen LogP contribution < -0.4 is 5.32 Å². The van der Waals surface area contributed by atoms with Gasteiger partial charge in [-0.2, -0.15) is 0 Å². The summed E-state index contributed by atoms with van der Waals surface area (Å²) in [6.07, 6.45) is 12.2. The Morgan fingerprint density at radius 3 is 2.83 bits per heavy atom. The molecule has 0 amide bonds. The molecule has 4 fully saturated rings. The molecule has 2 unspecified atom stereocenters. The van der Waals surface area contributed by atoms with Gasteiger partial charge in [-0.3, -0.25) is 0 Å². The van der Waals surface area contributed by atoms with Gasteiger partial charge in [-0.15, -0.1) is 0 Å². The van der Waals surface area contributed by atoms with Crippen LogP contribution in [0.3, 0.4) is 0 Å². The summed E-state index contributed by atoms with van der Waals surface area (Å²) in [6, 6.07) is 0.530. The molecule has 0 radical (unpaired) electrons. The van der Waals surface area contributed by atoms with E-state index in [2.05, 4.69) is 39.1 Å². The van der Waals surface area contributed by atoms with Gasteiger partial charge in [0.15, 0.2) is 0 Å². The fourth-order valence-electron chi connectivity index (χ4n) is 9.09. The van der Waals surface area contributed by atoms with Crippen LogP contribution in [0.25, 0.3) is 0 Å². The number of rotatable bonds is 0. The average Bonchev–Trinajstić information content (AvgIpc) is 3.23. The second kappa shape index (κ2) is 6.68. The molecule has 2 saturated carbocycles. The van der Waals surface area contributed by atoms with Gasteiger partial charge in [0.2, 0.25) is 0 Å². The van der Waals surface area contributed by atoms with E-state index in [1.807, 2.05) is 0 Å². The summed E-state index contributed by atoms with van der Waals surface area (Å²) in [5.41, 5.74) is 5.25. The molecule has 0 aromatic heterocycles.